The highest BCUT2D eigenvalue weighted by Gasteiger charge is 2.32. The predicted molar refractivity (Wildman–Crippen MR) is 124 cm³/mol. The Kier molecular flexibility index (Phi) is 6.78. The number of nitrogens with zero attached hydrogens (tertiary/aromatic N) is 2. The van der Waals surface area contributed by atoms with E-state index in [1.165, 1.54) is 47.4 Å². The summed E-state index contributed by atoms with van der Waals surface area (Å²) >= 11 is 0. The third kappa shape index (κ3) is 5.35. The van der Waals surface area contributed by atoms with Crippen molar-refractivity contribution < 1.29 is 35.2 Å². The number of benzene rings is 3. The second kappa shape index (κ2) is 9.53. The molecule has 0 N–H and O–H groups in total. The Bertz CT molecular complexity index is 1400. The number of hydrogen-bond acceptors (Lipinski definition) is 4. The number of anilines is 1. The third-order valence-corrected chi connectivity index (χ3v) is 7.10. The molecule has 36 heavy (non-hydrogen) atoms. The number of rotatable bonds is 4. The van der Waals surface area contributed by atoms with Gasteiger partial charge < -0.3 is 9.80 Å². The predicted octanol–water partition coefficient (Wildman–Crippen LogP) is 5.02. The van der Waals surface area contributed by atoms with Crippen molar-refractivity contribution in [2.24, 2.45) is 0 Å². The van der Waals surface area contributed by atoms with Crippen LogP contribution in [0.3, 0.4) is 0 Å². The third-order valence-electron chi connectivity index (χ3n) is 5.99. The molecule has 1 saturated heterocycles. The molecule has 1 heterocycles. The molecular formula is C25H21F5N2O3S. The van der Waals surface area contributed by atoms with E-state index in [1.54, 1.807) is 4.90 Å². The van der Waals surface area contributed by atoms with Gasteiger partial charge in [0.1, 0.15) is 11.6 Å². The number of carbonyl (C=O) groups excluding carboxylic acids is 1. The fraction of sp³-hybridized carbons (Fsp3) is 0.240. The molecule has 0 aliphatic carbocycles. The zero-order chi connectivity index (χ0) is 26.3. The highest BCUT2D eigenvalue weighted by atomic mass is 32.2. The van der Waals surface area contributed by atoms with Crippen molar-refractivity contribution in [1.29, 1.82) is 0 Å². The highest BCUT2D eigenvalue weighted by Crippen LogP contribution is 2.33. The summed E-state index contributed by atoms with van der Waals surface area (Å²) in [4.78, 5) is 16.4. The van der Waals surface area contributed by atoms with Gasteiger partial charge in [0, 0.05) is 38.0 Å². The minimum atomic E-state index is -4.66. The summed E-state index contributed by atoms with van der Waals surface area (Å²) in [5.41, 5.74) is -0.0367. The lowest BCUT2D eigenvalue weighted by Crippen LogP contribution is -2.49. The van der Waals surface area contributed by atoms with Crippen LogP contribution in [0.25, 0.3) is 11.1 Å². The summed E-state index contributed by atoms with van der Waals surface area (Å²) in [5, 5.41) is 0. The number of sulfone groups is 1. The first kappa shape index (κ1) is 25.6. The summed E-state index contributed by atoms with van der Waals surface area (Å²) in [5.74, 6) is -1.94. The average Bonchev–Trinajstić information content (AvgIpc) is 2.83. The normalized spacial score (nSPS) is 14.7. The number of alkyl halides is 3. The summed E-state index contributed by atoms with van der Waals surface area (Å²) in [7, 11) is -3.62. The van der Waals surface area contributed by atoms with Crippen LogP contribution in [0.2, 0.25) is 0 Å². The molecule has 3 aromatic carbocycles. The standard InChI is InChI=1S/C25H21F5N2O3S/c1-36(34,35)19-7-8-20(16-2-5-18(26)6-3-16)21(15-19)24(33)32-12-10-31(11-13-32)23-9-4-17(14-22(23)27)25(28,29)30/h2-9,14-15H,10-13H2,1H3. The molecule has 3 aromatic rings. The Morgan fingerprint density at radius 2 is 1.50 bits per heavy atom. The van der Waals surface area contributed by atoms with Crippen molar-refractivity contribution in [3.05, 3.63) is 83.4 Å². The first-order valence-electron chi connectivity index (χ1n) is 10.9. The summed E-state index contributed by atoms with van der Waals surface area (Å²) < 4.78 is 90.6. The molecule has 1 amide bonds. The average molecular weight is 525 g/mol. The maximum absolute atomic E-state index is 14.4. The number of piperazine rings is 1. The van der Waals surface area contributed by atoms with Gasteiger partial charge in [-0.15, -0.1) is 0 Å². The molecule has 0 saturated carbocycles. The van der Waals surface area contributed by atoms with Crippen LogP contribution in [0.5, 0.6) is 0 Å². The van der Waals surface area contributed by atoms with Crippen LogP contribution in [0.1, 0.15) is 15.9 Å². The van der Waals surface area contributed by atoms with E-state index < -0.39 is 39.1 Å². The lowest BCUT2D eigenvalue weighted by molar-refractivity contribution is -0.137. The van der Waals surface area contributed by atoms with Gasteiger partial charge in [-0.1, -0.05) is 18.2 Å². The molecule has 11 heteroatoms. The van der Waals surface area contributed by atoms with E-state index in [0.717, 1.165) is 18.4 Å². The molecule has 5 nitrogen and oxygen atoms in total. The van der Waals surface area contributed by atoms with Crippen molar-refractivity contribution in [3.63, 3.8) is 0 Å². The Morgan fingerprint density at radius 1 is 0.861 bits per heavy atom. The topological polar surface area (TPSA) is 57.7 Å². The number of halogens is 5. The summed E-state index contributed by atoms with van der Waals surface area (Å²) in [6, 6.07) is 11.9. The van der Waals surface area contributed by atoms with Gasteiger partial charge in [0.15, 0.2) is 9.84 Å². The van der Waals surface area contributed by atoms with Crippen molar-refractivity contribution in [1.82, 2.24) is 4.90 Å². The molecule has 0 spiro atoms. The minimum Gasteiger partial charge on any atom is -0.366 e. The van der Waals surface area contributed by atoms with Crippen molar-refractivity contribution in [2.75, 3.05) is 37.3 Å². The van der Waals surface area contributed by atoms with Gasteiger partial charge in [-0.25, -0.2) is 17.2 Å². The van der Waals surface area contributed by atoms with Gasteiger partial charge in [-0.05, 0) is 53.6 Å². The van der Waals surface area contributed by atoms with Crippen LogP contribution >= 0.6 is 0 Å². The number of carbonyl (C=O) groups is 1. The van der Waals surface area contributed by atoms with Crippen LogP contribution in [0.15, 0.2) is 65.6 Å². The molecule has 0 radical (unpaired) electrons. The van der Waals surface area contributed by atoms with E-state index in [1.807, 2.05) is 0 Å². The van der Waals surface area contributed by atoms with Crippen molar-refractivity contribution in [2.45, 2.75) is 11.1 Å². The maximum Gasteiger partial charge on any atom is 0.416 e. The van der Waals surface area contributed by atoms with Crippen molar-refractivity contribution >= 4 is 21.4 Å². The van der Waals surface area contributed by atoms with Gasteiger partial charge >= 0.3 is 6.18 Å². The van der Waals surface area contributed by atoms with E-state index in [0.29, 0.717) is 17.2 Å². The van der Waals surface area contributed by atoms with Gasteiger partial charge in [-0.2, -0.15) is 13.2 Å². The van der Waals surface area contributed by atoms with Crippen LogP contribution in [0.4, 0.5) is 27.6 Å². The fourth-order valence-corrected chi connectivity index (χ4v) is 4.72. The Balaban J connectivity index is 1.59. The molecule has 1 aliphatic rings. The highest BCUT2D eigenvalue weighted by molar-refractivity contribution is 7.90. The zero-order valence-corrected chi connectivity index (χ0v) is 19.8. The Hall–Kier alpha value is -3.47. The molecule has 4 rings (SSSR count). The van der Waals surface area contributed by atoms with E-state index in [9.17, 15) is 35.2 Å². The first-order chi connectivity index (χ1) is 16.8. The zero-order valence-electron chi connectivity index (χ0n) is 19.0. The smallest absolute Gasteiger partial charge is 0.366 e. The van der Waals surface area contributed by atoms with E-state index in [4.69, 9.17) is 0 Å². The fourth-order valence-electron chi connectivity index (χ4n) is 4.07. The molecule has 0 unspecified atom stereocenters. The van der Waals surface area contributed by atoms with Crippen LogP contribution < -0.4 is 4.90 Å². The van der Waals surface area contributed by atoms with Crippen LogP contribution in [-0.2, 0) is 16.0 Å². The van der Waals surface area contributed by atoms with Gasteiger partial charge in [-0.3, -0.25) is 4.79 Å². The minimum absolute atomic E-state index is 0.00109. The number of hydrogen-bond donors (Lipinski definition) is 0. The second-order valence-electron chi connectivity index (χ2n) is 8.43. The molecular weight excluding hydrogens is 503 g/mol. The van der Waals surface area contributed by atoms with E-state index in [-0.39, 0.29) is 42.3 Å². The second-order valence-corrected chi connectivity index (χ2v) is 10.4. The molecule has 0 atom stereocenters. The van der Waals surface area contributed by atoms with Crippen LogP contribution in [-0.4, -0.2) is 51.7 Å². The van der Waals surface area contributed by atoms with Crippen LogP contribution in [0, 0.1) is 11.6 Å². The lowest BCUT2D eigenvalue weighted by atomic mass is 9.98. The Labute approximate surface area is 204 Å². The summed E-state index contributed by atoms with van der Waals surface area (Å²) in [6.07, 6.45) is -3.64. The first-order valence-corrected chi connectivity index (χ1v) is 12.7. The lowest BCUT2D eigenvalue weighted by Gasteiger charge is -2.36. The molecule has 190 valence electrons. The number of amides is 1. The van der Waals surface area contributed by atoms with E-state index in [2.05, 4.69) is 0 Å². The summed E-state index contributed by atoms with van der Waals surface area (Å²) in [6.45, 7) is 0.577. The van der Waals surface area contributed by atoms with E-state index >= 15 is 0 Å². The van der Waals surface area contributed by atoms with Gasteiger partial charge in [0.25, 0.3) is 5.91 Å². The molecule has 1 fully saturated rings. The Morgan fingerprint density at radius 3 is 2.06 bits per heavy atom. The monoisotopic (exact) mass is 524 g/mol. The molecule has 0 aromatic heterocycles. The maximum atomic E-state index is 14.4. The van der Waals surface area contributed by atoms with Gasteiger partial charge in [0.05, 0.1) is 16.1 Å². The van der Waals surface area contributed by atoms with Crippen molar-refractivity contribution in [3.8, 4) is 11.1 Å². The quantitative estimate of drug-likeness (QED) is 0.450. The molecule has 1 aliphatic heterocycles. The largest absolute Gasteiger partial charge is 0.416 e. The SMILES string of the molecule is CS(=O)(=O)c1ccc(-c2ccc(F)cc2)c(C(=O)N2CCN(c3ccc(C(F)(F)F)cc3F)CC2)c1. The van der Waals surface area contributed by atoms with Gasteiger partial charge in [0.2, 0.25) is 0 Å². The molecule has 0 bridgehead atoms.